The second-order valence-electron chi connectivity index (χ2n) is 4.17. The fourth-order valence-corrected chi connectivity index (χ4v) is 3.13. The number of halogens is 3. The highest BCUT2D eigenvalue weighted by molar-refractivity contribution is 7.16. The zero-order valence-electron chi connectivity index (χ0n) is 10.8. The van der Waals surface area contributed by atoms with E-state index in [-0.39, 0.29) is 11.8 Å². The number of hydrogen-bond acceptors (Lipinski definition) is 3. The van der Waals surface area contributed by atoms with Gasteiger partial charge >= 0.3 is 6.61 Å². The van der Waals surface area contributed by atoms with Crippen molar-refractivity contribution in [2.75, 3.05) is 7.05 Å². The summed E-state index contributed by atoms with van der Waals surface area (Å²) < 4.78 is 30.2. The van der Waals surface area contributed by atoms with Gasteiger partial charge in [-0.1, -0.05) is 29.8 Å². The Balaban J connectivity index is 2.22. The van der Waals surface area contributed by atoms with Crippen LogP contribution in [0.2, 0.25) is 4.34 Å². The number of nitrogens with one attached hydrogen (secondary N) is 1. The number of thiophene rings is 1. The third-order valence-electron chi connectivity index (χ3n) is 2.89. The summed E-state index contributed by atoms with van der Waals surface area (Å²) in [5.74, 6) is 0.199. The Kier molecular flexibility index (Phi) is 5.34. The predicted molar refractivity (Wildman–Crippen MR) is 77.9 cm³/mol. The molecule has 0 aliphatic heterocycles. The molecule has 1 aromatic heterocycles. The molecule has 20 heavy (non-hydrogen) atoms. The van der Waals surface area contributed by atoms with Crippen LogP contribution >= 0.6 is 22.9 Å². The third kappa shape index (κ3) is 3.91. The van der Waals surface area contributed by atoms with Crippen LogP contribution in [0.1, 0.15) is 16.5 Å². The molecule has 1 atom stereocenters. The molecule has 0 fully saturated rings. The van der Waals surface area contributed by atoms with Crippen molar-refractivity contribution in [3.05, 3.63) is 51.2 Å². The van der Waals surface area contributed by atoms with E-state index in [2.05, 4.69) is 10.1 Å². The molecule has 0 bridgehead atoms. The maximum Gasteiger partial charge on any atom is 0.387 e. The van der Waals surface area contributed by atoms with Gasteiger partial charge in [0.15, 0.2) is 0 Å². The highest BCUT2D eigenvalue weighted by Gasteiger charge is 2.17. The summed E-state index contributed by atoms with van der Waals surface area (Å²) in [6.07, 6.45) is 0.664. The fourth-order valence-electron chi connectivity index (χ4n) is 2.00. The van der Waals surface area contributed by atoms with Gasteiger partial charge in [0.1, 0.15) is 5.75 Å². The lowest BCUT2D eigenvalue weighted by Crippen LogP contribution is -2.20. The van der Waals surface area contributed by atoms with Crippen LogP contribution in [0.3, 0.4) is 0 Å². The topological polar surface area (TPSA) is 21.3 Å². The van der Waals surface area contributed by atoms with E-state index >= 15 is 0 Å². The Bertz CT molecular complexity index is 562. The Morgan fingerprint density at radius 1 is 1.25 bits per heavy atom. The van der Waals surface area contributed by atoms with Crippen molar-refractivity contribution in [3.8, 4) is 5.75 Å². The van der Waals surface area contributed by atoms with Crippen LogP contribution in [0.15, 0.2) is 36.4 Å². The molecule has 0 amide bonds. The summed E-state index contributed by atoms with van der Waals surface area (Å²) in [4.78, 5) is 1.08. The van der Waals surface area contributed by atoms with E-state index in [1.807, 2.05) is 12.1 Å². The molecule has 108 valence electrons. The minimum Gasteiger partial charge on any atom is -0.434 e. The monoisotopic (exact) mass is 317 g/mol. The Morgan fingerprint density at radius 2 is 2.00 bits per heavy atom. The summed E-state index contributed by atoms with van der Waals surface area (Å²) in [5, 5.41) is 3.13. The Morgan fingerprint density at radius 3 is 2.60 bits per heavy atom. The summed E-state index contributed by atoms with van der Waals surface area (Å²) in [6.45, 7) is -2.83. The van der Waals surface area contributed by atoms with Crippen molar-refractivity contribution in [1.29, 1.82) is 0 Å². The van der Waals surface area contributed by atoms with Crippen molar-refractivity contribution < 1.29 is 13.5 Å². The van der Waals surface area contributed by atoms with E-state index in [9.17, 15) is 8.78 Å². The first-order valence-electron chi connectivity index (χ1n) is 6.05. The number of hydrogen-bond donors (Lipinski definition) is 1. The summed E-state index contributed by atoms with van der Waals surface area (Å²) >= 11 is 7.39. The number of ether oxygens (including phenoxy) is 1. The van der Waals surface area contributed by atoms with Crippen molar-refractivity contribution in [3.63, 3.8) is 0 Å². The van der Waals surface area contributed by atoms with Crippen LogP contribution in [-0.4, -0.2) is 13.7 Å². The van der Waals surface area contributed by atoms with E-state index in [0.29, 0.717) is 16.3 Å². The molecule has 0 spiro atoms. The summed E-state index contributed by atoms with van der Waals surface area (Å²) in [7, 11) is 1.79. The van der Waals surface area contributed by atoms with Gasteiger partial charge in [0.2, 0.25) is 0 Å². The SMILES string of the molecule is CNC(Cc1ccc(Cl)s1)c1ccccc1OC(F)F. The van der Waals surface area contributed by atoms with Gasteiger partial charge in [-0.05, 0) is 25.2 Å². The van der Waals surface area contributed by atoms with Gasteiger partial charge in [-0.2, -0.15) is 8.78 Å². The van der Waals surface area contributed by atoms with E-state index in [1.54, 1.807) is 31.3 Å². The molecule has 2 rings (SSSR count). The largest absolute Gasteiger partial charge is 0.434 e. The molecule has 2 aromatic rings. The third-order valence-corrected chi connectivity index (χ3v) is 4.15. The number of likely N-dealkylation sites (N-methyl/N-ethyl adjacent to an activating group) is 1. The zero-order chi connectivity index (χ0) is 14.5. The van der Waals surface area contributed by atoms with Gasteiger partial charge in [-0.15, -0.1) is 11.3 Å². The lowest BCUT2D eigenvalue weighted by atomic mass is 10.0. The smallest absolute Gasteiger partial charge is 0.387 e. The van der Waals surface area contributed by atoms with Crippen LogP contribution in [-0.2, 0) is 6.42 Å². The van der Waals surface area contributed by atoms with Crippen molar-refractivity contribution >= 4 is 22.9 Å². The second-order valence-corrected chi connectivity index (χ2v) is 5.97. The van der Waals surface area contributed by atoms with Crippen molar-refractivity contribution in [1.82, 2.24) is 5.32 Å². The highest BCUT2D eigenvalue weighted by Crippen LogP contribution is 2.31. The van der Waals surface area contributed by atoms with Gasteiger partial charge in [0.05, 0.1) is 4.34 Å². The van der Waals surface area contributed by atoms with Crippen LogP contribution in [0.5, 0.6) is 5.75 Å². The molecule has 2 nitrogen and oxygen atoms in total. The molecule has 0 radical (unpaired) electrons. The highest BCUT2D eigenvalue weighted by atomic mass is 35.5. The molecule has 0 aliphatic carbocycles. The Hall–Kier alpha value is -1.17. The average molecular weight is 318 g/mol. The lowest BCUT2D eigenvalue weighted by Gasteiger charge is -2.19. The maximum absolute atomic E-state index is 12.4. The van der Waals surface area contributed by atoms with Gasteiger partial charge in [-0.25, -0.2) is 0 Å². The zero-order valence-corrected chi connectivity index (χ0v) is 12.3. The van der Waals surface area contributed by atoms with E-state index in [0.717, 1.165) is 4.88 Å². The Labute approximate surface area is 125 Å². The first-order valence-corrected chi connectivity index (χ1v) is 7.25. The van der Waals surface area contributed by atoms with E-state index < -0.39 is 6.61 Å². The molecule has 0 aliphatic rings. The van der Waals surface area contributed by atoms with Crippen molar-refractivity contribution in [2.24, 2.45) is 0 Å². The van der Waals surface area contributed by atoms with E-state index in [4.69, 9.17) is 11.6 Å². The first-order chi connectivity index (χ1) is 9.60. The van der Waals surface area contributed by atoms with E-state index in [1.165, 1.54) is 11.3 Å². The molecule has 1 heterocycles. The number of benzene rings is 1. The first kappa shape index (κ1) is 15.2. The number of para-hydroxylation sites is 1. The molecule has 6 heteroatoms. The lowest BCUT2D eigenvalue weighted by molar-refractivity contribution is -0.0507. The van der Waals surface area contributed by atoms with Gasteiger partial charge in [0, 0.05) is 22.9 Å². The second kappa shape index (κ2) is 7.02. The number of rotatable bonds is 6. The molecular weight excluding hydrogens is 304 g/mol. The summed E-state index contributed by atoms with van der Waals surface area (Å²) in [6, 6.07) is 10.5. The minimum absolute atomic E-state index is 0.111. The van der Waals surface area contributed by atoms with Crippen molar-refractivity contribution in [2.45, 2.75) is 19.1 Å². The van der Waals surface area contributed by atoms with Gasteiger partial charge < -0.3 is 10.1 Å². The number of alkyl halides is 2. The molecule has 1 N–H and O–H groups in total. The molecule has 1 aromatic carbocycles. The quantitative estimate of drug-likeness (QED) is 0.846. The van der Waals surface area contributed by atoms with Crippen LogP contribution < -0.4 is 10.1 Å². The average Bonchev–Trinajstić information content (AvgIpc) is 2.82. The fraction of sp³-hybridized carbons (Fsp3) is 0.286. The van der Waals surface area contributed by atoms with Crippen LogP contribution in [0, 0.1) is 0 Å². The van der Waals surface area contributed by atoms with Gasteiger partial charge in [0.25, 0.3) is 0 Å². The maximum atomic E-state index is 12.4. The van der Waals surface area contributed by atoms with Gasteiger partial charge in [-0.3, -0.25) is 0 Å². The normalized spacial score (nSPS) is 12.7. The molecule has 1 unspecified atom stereocenters. The predicted octanol–water partition coefficient (Wildman–Crippen LogP) is 4.51. The van der Waals surface area contributed by atoms with Crippen LogP contribution in [0.25, 0.3) is 0 Å². The molecule has 0 saturated heterocycles. The van der Waals surface area contributed by atoms with Crippen LogP contribution in [0.4, 0.5) is 8.78 Å². The minimum atomic E-state index is -2.83. The molecular formula is C14H14ClF2NOS. The standard InChI is InChI=1S/C14H14ClF2NOS/c1-18-11(8-9-6-7-13(15)20-9)10-4-2-3-5-12(10)19-14(16)17/h2-7,11,14,18H,8H2,1H3. The summed E-state index contributed by atoms with van der Waals surface area (Å²) in [5.41, 5.74) is 0.708. The molecule has 0 saturated carbocycles.